The lowest BCUT2D eigenvalue weighted by Crippen LogP contribution is -1.95. The number of benzene rings is 5. The molecule has 9 rings (SSSR count). The molecule has 0 fully saturated rings. The molecule has 5 aromatic carbocycles. The molecule has 0 spiro atoms. The molecule has 0 N–H and O–H groups in total. The molecule has 6 heteroatoms. The summed E-state index contributed by atoms with van der Waals surface area (Å²) in [5.41, 5.74) is 7.98. The standard InChI is InChI=1S/C38H22N4S2/c1-3-11-23(12-4-1)31-35-33(27-15-7-9-17-29(27)43-35)41-37(39-31)25-19-21-26(22-20-25)38-40-32(24-13-5-2-6-14-24)36-34(42-38)28-16-8-10-18-30(28)44-36/h1-22H. The summed E-state index contributed by atoms with van der Waals surface area (Å²) in [6.45, 7) is 0. The summed E-state index contributed by atoms with van der Waals surface area (Å²) in [7, 11) is 0. The van der Waals surface area contributed by atoms with E-state index in [-0.39, 0.29) is 0 Å². The van der Waals surface area contributed by atoms with Crippen molar-refractivity contribution in [3.05, 3.63) is 133 Å². The molecule has 0 atom stereocenters. The Balaban J connectivity index is 1.20. The van der Waals surface area contributed by atoms with Crippen molar-refractivity contribution in [1.82, 2.24) is 19.9 Å². The minimum Gasteiger partial charge on any atom is -0.226 e. The quantitative estimate of drug-likeness (QED) is 0.202. The van der Waals surface area contributed by atoms with E-state index in [1.54, 1.807) is 22.7 Å². The lowest BCUT2D eigenvalue weighted by atomic mass is 10.1. The van der Waals surface area contributed by atoms with Crippen molar-refractivity contribution in [2.24, 2.45) is 0 Å². The van der Waals surface area contributed by atoms with Crippen molar-refractivity contribution in [1.29, 1.82) is 0 Å². The first kappa shape index (κ1) is 25.2. The van der Waals surface area contributed by atoms with Crippen LogP contribution in [0.3, 0.4) is 0 Å². The molecule has 0 unspecified atom stereocenters. The van der Waals surface area contributed by atoms with Gasteiger partial charge >= 0.3 is 0 Å². The first-order valence-corrected chi connectivity index (χ1v) is 16.0. The zero-order valence-electron chi connectivity index (χ0n) is 23.3. The zero-order chi connectivity index (χ0) is 29.0. The predicted molar refractivity (Wildman–Crippen MR) is 185 cm³/mol. The van der Waals surface area contributed by atoms with Crippen LogP contribution in [0.2, 0.25) is 0 Å². The van der Waals surface area contributed by atoms with Crippen LogP contribution in [-0.2, 0) is 0 Å². The van der Waals surface area contributed by atoms with Gasteiger partial charge in [-0.25, -0.2) is 19.9 Å². The van der Waals surface area contributed by atoms with Crippen molar-refractivity contribution < 1.29 is 0 Å². The van der Waals surface area contributed by atoms with Gasteiger partial charge in [0.2, 0.25) is 0 Å². The summed E-state index contributed by atoms with van der Waals surface area (Å²) in [5.74, 6) is 1.41. The Morgan fingerprint density at radius 3 is 1.16 bits per heavy atom. The normalized spacial score (nSPS) is 11.6. The lowest BCUT2D eigenvalue weighted by molar-refractivity contribution is 1.23. The van der Waals surface area contributed by atoms with Crippen molar-refractivity contribution in [2.75, 3.05) is 0 Å². The second-order valence-corrected chi connectivity index (χ2v) is 12.8. The number of fused-ring (bicyclic) bond motifs is 6. The minimum absolute atomic E-state index is 0.705. The Labute approximate surface area is 261 Å². The first-order valence-electron chi connectivity index (χ1n) is 14.4. The third-order valence-corrected chi connectivity index (χ3v) is 10.3. The van der Waals surface area contributed by atoms with Crippen LogP contribution in [0.4, 0.5) is 0 Å². The molecule has 0 aliphatic carbocycles. The van der Waals surface area contributed by atoms with Gasteiger partial charge in [-0.15, -0.1) is 22.7 Å². The van der Waals surface area contributed by atoms with Crippen molar-refractivity contribution in [3.63, 3.8) is 0 Å². The molecule has 0 radical (unpaired) electrons. The molecule has 0 amide bonds. The number of hydrogen-bond donors (Lipinski definition) is 0. The van der Waals surface area contributed by atoms with Gasteiger partial charge in [0.05, 0.1) is 31.8 Å². The van der Waals surface area contributed by atoms with Crippen LogP contribution in [-0.4, -0.2) is 19.9 Å². The van der Waals surface area contributed by atoms with Gasteiger partial charge in [0.15, 0.2) is 11.6 Å². The molecule has 9 aromatic rings. The molecule has 0 aliphatic rings. The molecule has 4 nitrogen and oxygen atoms in total. The largest absolute Gasteiger partial charge is 0.226 e. The molecule has 0 saturated heterocycles. The first-order chi connectivity index (χ1) is 21.8. The monoisotopic (exact) mass is 598 g/mol. The van der Waals surface area contributed by atoms with Gasteiger partial charge in [0, 0.05) is 42.4 Å². The Morgan fingerprint density at radius 1 is 0.341 bits per heavy atom. The van der Waals surface area contributed by atoms with E-state index in [1.165, 1.54) is 9.40 Å². The maximum absolute atomic E-state index is 5.13. The Hall–Kier alpha value is -5.30. The van der Waals surface area contributed by atoms with Gasteiger partial charge in [0.1, 0.15) is 0 Å². The molecule has 4 aromatic heterocycles. The van der Waals surface area contributed by atoms with Gasteiger partial charge in [-0.05, 0) is 12.1 Å². The van der Waals surface area contributed by atoms with E-state index < -0.39 is 0 Å². The van der Waals surface area contributed by atoms with E-state index in [1.807, 2.05) is 12.1 Å². The summed E-state index contributed by atoms with van der Waals surface area (Å²) in [6.07, 6.45) is 0. The molecule has 4 heterocycles. The van der Waals surface area contributed by atoms with E-state index in [4.69, 9.17) is 19.9 Å². The van der Waals surface area contributed by atoms with Crippen LogP contribution in [0.25, 0.3) is 85.9 Å². The van der Waals surface area contributed by atoms with E-state index in [0.717, 1.165) is 64.8 Å². The highest BCUT2D eigenvalue weighted by atomic mass is 32.1. The van der Waals surface area contributed by atoms with Crippen LogP contribution in [0, 0.1) is 0 Å². The Morgan fingerprint density at radius 2 is 0.727 bits per heavy atom. The van der Waals surface area contributed by atoms with Crippen LogP contribution < -0.4 is 0 Å². The highest BCUT2D eigenvalue weighted by Gasteiger charge is 2.18. The zero-order valence-corrected chi connectivity index (χ0v) is 24.9. The van der Waals surface area contributed by atoms with Gasteiger partial charge in [0.25, 0.3) is 0 Å². The maximum atomic E-state index is 5.13. The fourth-order valence-corrected chi connectivity index (χ4v) is 8.10. The second kappa shape index (κ2) is 10.2. The summed E-state index contributed by atoms with van der Waals surface area (Å²) in [5, 5.41) is 2.31. The third-order valence-electron chi connectivity index (χ3n) is 7.94. The van der Waals surface area contributed by atoms with E-state index in [2.05, 4.69) is 121 Å². The van der Waals surface area contributed by atoms with E-state index in [9.17, 15) is 0 Å². The second-order valence-electron chi connectivity index (χ2n) is 10.7. The third kappa shape index (κ3) is 4.11. The lowest BCUT2D eigenvalue weighted by Gasteiger charge is -2.09. The van der Waals surface area contributed by atoms with E-state index >= 15 is 0 Å². The van der Waals surface area contributed by atoms with Gasteiger partial charge < -0.3 is 0 Å². The van der Waals surface area contributed by atoms with Crippen molar-refractivity contribution in [2.45, 2.75) is 0 Å². The summed E-state index contributed by atoms with van der Waals surface area (Å²) < 4.78 is 4.64. The van der Waals surface area contributed by atoms with Crippen LogP contribution in [0.1, 0.15) is 0 Å². The molecule has 0 bridgehead atoms. The van der Waals surface area contributed by atoms with Crippen LogP contribution in [0.5, 0.6) is 0 Å². The van der Waals surface area contributed by atoms with Gasteiger partial charge in [-0.2, -0.15) is 0 Å². The number of nitrogens with zero attached hydrogens (tertiary/aromatic N) is 4. The van der Waals surface area contributed by atoms with Crippen molar-refractivity contribution in [3.8, 4) is 45.3 Å². The molecule has 0 aliphatic heterocycles. The minimum atomic E-state index is 0.705. The summed E-state index contributed by atoms with van der Waals surface area (Å²) >= 11 is 3.50. The molecule has 206 valence electrons. The molecular formula is C38H22N4S2. The smallest absolute Gasteiger partial charge is 0.160 e. The van der Waals surface area contributed by atoms with Crippen LogP contribution >= 0.6 is 22.7 Å². The number of thiophene rings is 2. The molecule has 44 heavy (non-hydrogen) atoms. The van der Waals surface area contributed by atoms with Crippen LogP contribution in [0.15, 0.2) is 133 Å². The molecule has 0 saturated carbocycles. The Bertz CT molecular complexity index is 2310. The fourth-order valence-electron chi connectivity index (χ4n) is 5.79. The number of aromatic nitrogens is 4. The maximum Gasteiger partial charge on any atom is 0.160 e. The molecular weight excluding hydrogens is 577 g/mol. The highest BCUT2D eigenvalue weighted by Crippen LogP contribution is 2.41. The SMILES string of the molecule is c1ccc(-c2nc(-c3ccc(-c4nc(-c5ccccc5)c5sc6ccccc6c5n4)cc3)nc3c2sc2ccccc23)cc1. The summed E-state index contributed by atoms with van der Waals surface area (Å²) in [6, 6.07) is 46.0. The predicted octanol–water partition coefficient (Wildman–Crippen LogP) is 10.7. The number of hydrogen-bond acceptors (Lipinski definition) is 6. The topological polar surface area (TPSA) is 51.6 Å². The highest BCUT2D eigenvalue weighted by molar-refractivity contribution is 7.26. The fraction of sp³-hybridized carbons (Fsp3) is 0. The average molecular weight is 599 g/mol. The van der Waals surface area contributed by atoms with E-state index in [0.29, 0.717) is 11.6 Å². The van der Waals surface area contributed by atoms with Gasteiger partial charge in [-0.1, -0.05) is 121 Å². The van der Waals surface area contributed by atoms with Crippen molar-refractivity contribution >= 4 is 63.3 Å². The average Bonchev–Trinajstić information content (AvgIpc) is 3.67. The Kier molecular flexibility index (Phi) is 5.82. The number of rotatable bonds is 4. The summed E-state index contributed by atoms with van der Waals surface area (Å²) in [4.78, 5) is 20.5. The van der Waals surface area contributed by atoms with Gasteiger partial charge in [-0.3, -0.25) is 0 Å².